The molecule has 0 amide bonds. The van der Waals surface area contributed by atoms with Gasteiger partial charge in [-0.1, -0.05) is 0 Å². The minimum absolute atomic E-state index is 0. The fourth-order valence-corrected chi connectivity index (χ4v) is 2.92. The molecule has 0 rings (SSSR count). The van der Waals surface area contributed by atoms with E-state index in [1.54, 1.807) is 0 Å². The normalized spacial score (nSPS) is 10.2. The van der Waals surface area contributed by atoms with Crippen LogP contribution in [0, 0.1) is 0 Å². The van der Waals surface area contributed by atoms with Gasteiger partial charge in [-0.3, -0.25) is 38.8 Å². The first-order valence-electron chi connectivity index (χ1n) is 11.0. The van der Waals surface area contributed by atoms with E-state index in [9.17, 15) is 58.8 Å². The minimum Gasteiger partial charge on any atom is -0.549 e. The number of carboxylic acids is 8. The van der Waals surface area contributed by atoms with Crippen LogP contribution in [0.3, 0.4) is 0 Å². The third-order valence-corrected chi connectivity index (χ3v) is 4.31. The van der Waals surface area contributed by atoms with Gasteiger partial charge in [0.2, 0.25) is 0 Å². The Morgan fingerprint density at radius 1 is 0.357 bits per heavy atom. The molecule has 42 heavy (non-hydrogen) atoms. The van der Waals surface area contributed by atoms with Gasteiger partial charge in [-0.2, -0.15) is 0 Å². The van der Waals surface area contributed by atoms with E-state index in [0.29, 0.717) is 0 Å². The molecule has 4 N–H and O–H groups in total. The fraction of sp³-hybridized carbons (Fsp3) is 0.600. The van der Waals surface area contributed by atoms with E-state index in [1.807, 2.05) is 0 Å². The first-order chi connectivity index (χ1) is 18.4. The zero-order valence-electron chi connectivity index (χ0n) is 22.4. The van der Waals surface area contributed by atoms with Crippen LogP contribution in [0.1, 0.15) is 0 Å². The number of aliphatic carboxylic acids is 8. The summed E-state index contributed by atoms with van der Waals surface area (Å²) in [6, 6.07) is 0. The Labute approximate surface area is 298 Å². The van der Waals surface area contributed by atoms with Crippen molar-refractivity contribution in [3.8, 4) is 0 Å². The van der Waals surface area contributed by atoms with Crippen LogP contribution in [-0.2, 0) is 38.4 Å². The zero-order chi connectivity index (χ0) is 31.4. The van der Waals surface area contributed by atoms with Gasteiger partial charge in [0, 0.05) is 52.4 Å². The standard InChI is InChI=1S/2C10H16N2O8.2Ca/c2*13-7(14)3-11(4-8(15)16)1-2-12(5-9(17)18)6-10(19)20;;/h2*1-6H2,(H,13,14)(H,15,16)(H,17,18)(H,19,20);;/q;;2*+2/p-4. The van der Waals surface area contributed by atoms with Crippen LogP contribution in [0.2, 0.25) is 0 Å². The summed E-state index contributed by atoms with van der Waals surface area (Å²) in [7, 11) is 0. The number of rotatable bonds is 22. The molecule has 0 spiro atoms. The molecule has 0 saturated heterocycles. The molecule has 0 atom stereocenters. The average molecular weight is 661 g/mol. The second-order valence-electron chi connectivity index (χ2n) is 7.91. The van der Waals surface area contributed by atoms with Gasteiger partial charge in [0.1, 0.15) is 0 Å². The second-order valence-corrected chi connectivity index (χ2v) is 7.91. The van der Waals surface area contributed by atoms with E-state index < -0.39 is 100 Å². The zero-order valence-corrected chi connectivity index (χ0v) is 26.8. The number of carboxylic acid groups (broad SMARTS) is 8. The number of hydrogen-bond acceptors (Lipinski definition) is 16. The fourth-order valence-electron chi connectivity index (χ4n) is 2.92. The summed E-state index contributed by atoms with van der Waals surface area (Å²) >= 11 is 0. The molecule has 0 radical (unpaired) electrons. The number of hydrogen-bond donors (Lipinski definition) is 4. The molecule has 0 aliphatic carbocycles. The van der Waals surface area contributed by atoms with E-state index >= 15 is 0 Å². The molecular weight excluding hydrogens is 632 g/mol. The third kappa shape index (κ3) is 32.6. The van der Waals surface area contributed by atoms with Gasteiger partial charge in [-0.15, -0.1) is 0 Å². The van der Waals surface area contributed by atoms with Gasteiger partial charge in [0.25, 0.3) is 0 Å². The van der Waals surface area contributed by atoms with Crippen molar-refractivity contribution in [1.82, 2.24) is 19.6 Å². The molecular formula is C20H28Ca2N4O16. The molecule has 0 heterocycles. The van der Waals surface area contributed by atoms with Gasteiger partial charge in [0.05, 0.1) is 50.1 Å². The Hall–Kier alpha value is -1.88. The molecule has 0 aromatic heterocycles. The van der Waals surface area contributed by atoms with Crippen LogP contribution < -0.4 is 20.4 Å². The van der Waals surface area contributed by atoms with E-state index in [4.69, 9.17) is 20.4 Å². The SMILES string of the molecule is O=C(O)CN(CCN(CC(=O)O)CC(=O)O)CC(=O)O.O=C([O-])CN(CCN(CC(=O)[O-])CC(=O)[O-])CC(=O)[O-].[Ca+2].[Ca+2]. The van der Waals surface area contributed by atoms with Crippen LogP contribution in [0.15, 0.2) is 0 Å². The van der Waals surface area contributed by atoms with Crippen molar-refractivity contribution in [3.05, 3.63) is 0 Å². The van der Waals surface area contributed by atoms with Gasteiger partial charge >= 0.3 is 99.4 Å². The molecule has 22 heteroatoms. The maximum atomic E-state index is 10.6. The Bertz CT molecular complexity index is 715. The number of nitrogens with zero attached hydrogens (tertiary/aromatic N) is 4. The van der Waals surface area contributed by atoms with Gasteiger partial charge in [0.15, 0.2) is 0 Å². The molecule has 0 aliphatic heterocycles. The maximum absolute atomic E-state index is 10.6. The third-order valence-electron chi connectivity index (χ3n) is 4.31. The Morgan fingerprint density at radius 2 is 0.500 bits per heavy atom. The van der Waals surface area contributed by atoms with Crippen molar-refractivity contribution >= 4 is 123 Å². The van der Waals surface area contributed by atoms with Gasteiger partial charge in [-0.25, -0.2) is 0 Å². The van der Waals surface area contributed by atoms with Crippen LogP contribution in [0.4, 0.5) is 0 Å². The van der Waals surface area contributed by atoms with Crippen molar-refractivity contribution in [3.63, 3.8) is 0 Å². The summed E-state index contributed by atoms with van der Waals surface area (Å²) in [6.07, 6.45) is 0. The van der Waals surface area contributed by atoms with Crippen LogP contribution in [0.5, 0.6) is 0 Å². The predicted octanol–water partition coefficient (Wildman–Crippen LogP) is -10.2. The molecule has 0 fully saturated rings. The van der Waals surface area contributed by atoms with Crippen molar-refractivity contribution in [2.24, 2.45) is 0 Å². The first kappa shape index (κ1) is 47.1. The van der Waals surface area contributed by atoms with Crippen molar-refractivity contribution in [2.75, 3.05) is 78.5 Å². The predicted molar refractivity (Wildman–Crippen MR) is 128 cm³/mol. The smallest absolute Gasteiger partial charge is 0.549 e. The van der Waals surface area contributed by atoms with E-state index in [2.05, 4.69) is 0 Å². The van der Waals surface area contributed by atoms with Crippen LogP contribution in [-0.4, -0.2) is 242 Å². The number of carbonyl (C=O) groups is 8. The molecule has 0 unspecified atom stereocenters. The Kier molecular flexibility index (Phi) is 29.9. The van der Waals surface area contributed by atoms with Gasteiger partial charge in [-0.05, 0) is 0 Å². The molecule has 228 valence electrons. The van der Waals surface area contributed by atoms with E-state index in [0.717, 1.165) is 19.6 Å². The minimum atomic E-state index is -1.53. The summed E-state index contributed by atoms with van der Waals surface area (Å²) < 4.78 is 0. The Morgan fingerprint density at radius 3 is 0.619 bits per heavy atom. The van der Waals surface area contributed by atoms with Gasteiger partial charge < -0.3 is 60.0 Å². The summed E-state index contributed by atoms with van der Waals surface area (Å²) in [5, 5.41) is 76.1. The maximum Gasteiger partial charge on any atom is 2.00 e. The van der Waals surface area contributed by atoms with Crippen LogP contribution in [0.25, 0.3) is 0 Å². The molecule has 20 nitrogen and oxygen atoms in total. The monoisotopic (exact) mass is 660 g/mol. The molecule has 0 saturated carbocycles. The second kappa shape index (κ2) is 26.7. The molecule has 0 aromatic rings. The average Bonchev–Trinajstić information content (AvgIpc) is 2.72. The number of carbonyl (C=O) groups excluding carboxylic acids is 4. The van der Waals surface area contributed by atoms with Crippen LogP contribution >= 0.6 is 0 Å². The Balaban J connectivity index is -0.000000328. The van der Waals surface area contributed by atoms with Crippen molar-refractivity contribution in [1.29, 1.82) is 0 Å². The summed E-state index contributed by atoms with van der Waals surface area (Å²) in [5.41, 5.74) is 0. The molecule has 0 aliphatic rings. The first-order valence-corrected chi connectivity index (χ1v) is 11.0. The molecule has 0 aromatic carbocycles. The summed E-state index contributed by atoms with van der Waals surface area (Å²) in [6.45, 7) is -5.50. The summed E-state index contributed by atoms with van der Waals surface area (Å²) in [4.78, 5) is 87.8. The van der Waals surface area contributed by atoms with E-state index in [-0.39, 0.29) is 102 Å². The summed E-state index contributed by atoms with van der Waals surface area (Å²) in [5.74, 6) is -11.0. The van der Waals surface area contributed by atoms with E-state index in [1.165, 1.54) is 0 Å². The largest absolute Gasteiger partial charge is 2.00 e. The quantitative estimate of drug-likeness (QED) is 0.0783. The van der Waals surface area contributed by atoms with Crippen molar-refractivity contribution in [2.45, 2.75) is 0 Å². The van der Waals surface area contributed by atoms with Crippen molar-refractivity contribution < 1.29 is 79.2 Å². The molecule has 0 bridgehead atoms. The topological polar surface area (TPSA) is 323 Å².